The molecule has 0 unspecified atom stereocenters. The Balaban J connectivity index is 2.79. The Hall–Kier alpha value is -0.870. The van der Waals surface area contributed by atoms with Gasteiger partial charge in [0.1, 0.15) is 0 Å². The summed E-state index contributed by atoms with van der Waals surface area (Å²) in [5.41, 5.74) is 1.13. The molecule has 18 heavy (non-hydrogen) atoms. The Morgan fingerprint density at radius 3 is 2.44 bits per heavy atom. The van der Waals surface area contributed by atoms with Gasteiger partial charge in [-0.15, -0.1) is 0 Å². The first-order chi connectivity index (χ1) is 8.30. The lowest BCUT2D eigenvalue weighted by Crippen LogP contribution is -2.42. The van der Waals surface area contributed by atoms with E-state index in [1.54, 1.807) is 0 Å². The lowest BCUT2D eigenvalue weighted by Gasteiger charge is -2.35. The van der Waals surface area contributed by atoms with Crippen molar-refractivity contribution in [1.29, 1.82) is 0 Å². The number of benzene rings is 1. The first-order valence-electron chi connectivity index (χ1n) is 6.01. The van der Waals surface area contributed by atoms with Crippen LogP contribution in [0.4, 0.5) is 0 Å². The van der Waals surface area contributed by atoms with Crippen LogP contribution in [0.15, 0.2) is 28.7 Å². The molecule has 0 saturated carbocycles. The average molecular weight is 314 g/mol. The highest BCUT2D eigenvalue weighted by molar-refractivity contribution is 9.10. The summed E-state index contributed by atoms with van der Waals surface area (Å²) in [6.45, 7) is 7.61. The van der Waals surface area contributed by atoms with Crippen molar-refractivity contribution in [2.75, 3.05) is 6.54 Å². The highest BCUT2D eigenvalue weighted by Gasteiger charge is 2.22. The molecule has 0 heterocycles. The van der Waals surface area contributed by atoms with E-state index >= 15 is 0 Å². The van der Waals surface area contributed by atoms with Crippen LogP contribution < -0.4 is 0 Å². The second-order valence-electron chi connectivity index (χ2n) is 5.33. The fourth-order valence-electron chi connectivity index (χ4n) is 1.71. The Kier molecular flexibility index (Phi) is 5.35. The van der Waals surface area contributed by atoms with E-state index in [0.29, 0.717) is 6.54 Å². The molecule has 4 heteroatoms. The number of aliphatic carboxylic acids is 1. The fraction of sp³-hybridized carbons (Fsp3) is 0.500. The maximum atomic E-state index is 10.7. The van der Waals surface area contributed by atoms with Gasteiger partial charge in [0.2, 0.25) is 0 Å². The van der Waals surface area contributed by atoms with Gasteiger partial charge in [0.05, 0.1) is 6.42 Å². The van der Waals surface area contributed by atoms with Crippen LogP contribution in [-0.2, 0) is 11.3 Å². The number of carboxylic acid groups (broad SMARTS) is 1. The number of carbonyl (C=O) groups is 1. The van der Waals surface area contributed by atoms with Crippen molar-refractivity contribution in [2.45, 2.75) is 39.3 Å². The number of carboxylic acids is 1. The first kappa shape index (κ1) is 15.2. The summed E-state index contributed by atoms with van der Waals surface area (Å²) in [6.07, 6.45) is 0.168. The van der Waals surface area contributed by atoms with Crippen LogP contribution in [0.25, 0.3) is 0 Å². The first-order valence-corrected chi connectivity index (χ1v) is 6.80. The van der Waals surface area contributed by atoms with Gasteiger partial charge in [-0.25, -0.2) is 0 Å². The van der Waals surface area contributed by atoms with Crippen LogP contribution in [0.2, 0.25) is 0 Å². The molecule has 100 valence electrons. The third-order valence-electron chi connectivity index (χ3n) is 2.86. The summed E-state index contributed by atoms with van der Waals surface area (Å²) in [4.78, 5) is 12.9. The molecule has 1 aromatic carbocycles. The number of hydrogen-bond donors (Lipinski definition) is 1. The molecule has 0 amide bonds. The van der Waals surface area contributed by atoms with E-state index in [0.717, 1.165) is 11.0 Å². The third kappa shape index (κ3) is 4.78. The quantitative estimate of drug-likeness (QED) is 0.904. The van der Waals surface area contributed by atoms with E-state index in [1.807, 2.05) is 18.2 Å². The van der Waals surface area contributed by atoms with Gasteiger partial charge in [-0.2, -0.15) is 0 Å². The van der Waals surface area contributed by atoms with Crippen molar-refractivity contribution in [1.82, 2.24) is 4.90 Å². The number of halogens is 1. The molecule has 0 bridgehead atoms. The van der Waals surface area contributed by atoms with E-state index in [9.17, 15) is 4.79 Å². The van der Waals surface area contributed by atoms with Gasteiger partial charge < -0.3 is 5.11 Å². The van der Waals surface area contributed by atoms with E-state index in [4.69, 9.17) is 5.11 Å². The van der Waals surface area contributed by atoms with Gasteiger partial charge in [-0.3, -0.25) is 9.69 Å². The number of rotatable bonds is 5. The summed E-state index contributed by atoms with van der Waals surface area (Å²) in [5, 5.41) is 8.81. The Labute approximate surface area is 117 Å². The van der Waals surface area contributed by atoms with Crippen LogP contribution in [0.3, 0.4) is 0 Å². The zero-order valence-electron chi connectivity index (χ0n) is 11.1. The predicted molar refractivity (Wildman–Crippen MR) is 76.6 cm³/mol. The van der Waals surface area contributed by atoms with Gasteiger partial charge in [0.15, 0.2) is 0 Å². The van der Waals surface area contributed by atoms with Crippen molar-refractivity contribution >= 4 is 21.9 Å². The maximum absolute atomic E-state index is 10.7. The van der Waals surface area contributed by atoms with Gasteiger partial charge in [-0.05, 0) is 32.4 Å². The third-order valence-corrected chi connectivity index (χ3v) is 3.64. The molecule has 0 fully saturated rings. The molecule has 0 spiro atoms. The molecule has 3 nitrogen and oxygen atoms in total. The minimum Gasteiger partial charge on any atom is -0.481 e. The summed E-state index contributed by atoms with van der Waals surface area (Å²) < 4.78 is 1.06. The summed E-state index contributed by atoms with van der Waals surface area (Å²) in [6, 6.07) is 8.04. The molecule has 0 aliphatic rings. The van der Waals surface area contributed by atoms with Crippen LogP contribution in [-0.4, -0.2) is 28.1 Å². The van der Waals surface area contributed by atoms with Crippen LogP contribution in [0.1, 0.15) is 32.8 Å². The Bertz CT molecular complexity index is 413. The minimum absolute atomic E-state index is 0.0509. The Morgan fingerprint density at radius 1 is 1.33 bits per heavy atom. The lowest BCUT2D eigenvalue weighted by molar-refractivity contribution is -0.137. The van der Waals surface area contributed by atoms with Gasteiger partial charge in [-0.1, -0.05) is 34.1 Å². The lowest BCUT2D eigenvalue weighted by atomic mass is 10.0. The normalized spacial score (nSPS) is 11.8. The number of hydrogen-bond acceptors (Lipinski definition) is 2. The van der Waals surface area contributed by atoms with Gasteiger partial charge in [0.25, 0.3) is 0 Å². The maximum Gasteiger partial charge on any atom is 0.304 e. The van der Waals surface area contributed by atoms with Crippen LogP contribution >= 0.6 is 15.9 Å². The van der Waals surface area contributed by atoms with Gasteiger partial charge >= 0.3 is 5.97 Å². The molecule has 1 N–H and O–H groups in total. The molecule has 1 rings (SSSR count). The van der Waals surface area contributed by atoms with E-state index in [1.165, 1.54) is 5.56 Å². The molecule has 1 aromatic rings. The smallest absolute Gasteiger partial charge is 0.304 e. The molecule has 0 radical (unpaired) electrons. The van der Waals surface area contributed by atoms with E-state index in [-0.39, 0.29) is 12.0 Å². The number of nitrogens with zero attached hydrogens (tertiary/aromatic N) is 1. The standard InChI is InChI=1S/C14H20BrNO2/c1-14(2,3)16(9-8-13(17)18)10-11-6-4-5-7-12(11)15/h4-7H,8-10H2,1-3H3,(H,17,18). The molecule has 0 aliphatic carbocycles. The van der Waals surface area contributed by atoms with Crippen molar-refractivity contribution in [3.63, 3.8) is 0 Å². The summed E-state index contributed by atoms with van der Waals surface area (Å²) in [5.74, 6) is -0.753. The summed E-state index contributed by atoms with van der Waals surface area (Å²) in [7, 11) is 0. The largest absolute Gasteiger partial charge is 0.481 e. The predicted octanol–water partition coefficient (Wildman–Crippen LogP) is 3.52. The molecule has 0 saturated heterocycles. The zero-order valence-corrected chi connectivity index (χ0v) is 12.7. The van der Waals surface area contributed by atoms with Gasteiger partial charge in [0, 0.05) is 23.1 Å². The molecule has 0 aliphatic heterocycles. The van der Waals surface area contributed by atoms with E-state index < -0.39 is 5.97 Å². The van der Waals surface area contributed by atoms with Crippen molar-refractivity contribution in [2.24, 2.45) is 0 Å². The topological polar surface area (TPSA) is 40.5 Å². The van der Waals surface area contributed by atoms with Crippen LogP contribution in [0, 0.1) is 0 Å². The second kappa shape index (κ2) is 6.34. The van der Waals surface area contributed by atoms with Crippen molar-refractivity contribution in [3.05, 3.63) is 34.3 Å². The monoisotopic (exact) mass is 313 g/mol. The second-order valence-corrected chi connectivity index (χ2v) is 6.18. The Morgan fingerprint density at radius 2 is 1.94 bits per heavy atom. The molecular weight excluding hydrogens is 294 g/mol. The SMILES string of the molecule is CC(C)(C)N(CCC(=O)O)Cc1ccccc1Br. The van der Waals surface area contributed by atoms with E-state index in [2.05, 4.69) is 47.7 Å². The zero-order chi connectivity index (χ0) is 13.8. The van der Waals surface area contributed by atoms with Crippen molar-refractivity contribution in [3.8, 4) is 0 Å². The van der Waals surface area contributed by atoms with Crippen molar-refractivity contribution < 1.29 is 9.90 Å². The highest BCUT2D eigenvalue weighted by Crippen LogP contribution is 2.22. The molecule has 0 atom stereocenters. The van der Waals surface area contributed by atoms with Crippen LogP contribution in [0.5, 0.6) is 0 Å². The summed E-state index contributed by atoms with van der Waals surface area (Å²) >= 11 is 3.53. The fourth-order valence-corrected chi connectivity index (χ4v) is 2.12. The minimum atomic E-state index is -0.753. The molecule has 0 aromatic heterocycles. The molecular formula is C14H20BrNO2. The average Bonchev–Trinajstić information content (AvgIpc) is 2.24. The highest BCUT2D eigenvalue weighted by atomic mass is 79.9.